The van der Waals surface area contributed by atoms with E-state index in [0.717, 1.165) is 21.7 Å². The zero-order valence-corrected chi connectivity index (χ0v) is 14.6. The number of nitrogens with one attached hydrogen (secondary N) is 2. The SMILES string of the molecule is CN=C(NCc1ncc(C)s1)NCc1oc2ccc(F)cc2c1C. The Bertz CT molecular complexity index is 884. The van der Waals surface area contributed by atoms with E-state index in [9.17, 15) is 4.39 Å². The third-order valence-corrected chi connectivity index (χ3v) is 4.63. The van der Waals surface area contributed by atoms with E-state index in [0.29, 0.717) is 24.6 Å². The summed E-state index contributed by atoms with van der Waals surface area (Å²) in [6, 6.07) is 4.55. The van der Waals surface area contributed by atoms with Gasteiger partial charge in [-0.05, 0) is 32.0 Å². The number of aryl methyl sites for hydroxylation is 2. The van der Waals surface area contributed by atoms with Crippen molar-refractivity contribution in [3.05, 3.63) is 51.4 Å². The molecule has 0 saturated carbocycles. The molecule has 3 rings (SSSR count). The van der Waals surface area contributed by atoms with E-state index >= 15 is 0 Å². The van der Waals surface area contributed by atoms with Gasteiger partial charge in [-0.1, -0.05) is 0 Å². The lowest BCUT2D eigenvalue weighted by atomic mass is 10.1. The van der Waals surface area contributed by atoms with Crippen molar-refractivity contribution >= 4 is 28.3 Å². The maximum atomic E-state index is 13.4. The number of aliphatic imine (C=N–C) groups is 1. The number of aromatic nitrogens is 1. The zero-order chi connectivity index (χ0) is 17.1. The number of hydrogen-bond acceptors (Lipinski definition) is 4. The Labute approximate surface area is 143 Å². The van der Waals surface area contributed by atoms with Crippen LogP contribution in [0, 0.1) is 19.7 Å². The van der Waals surface area contributed by atoms with Crippen molar-refractivity contribution in [2.75, 3.05) is 7.05 Å². The lowest BCUT2D eigenvalue weighted by molar-refractivity contribution is 0.534. The van der Waals surface area contributed by atoms with Gasteiger partial charge >= 0.3 is 0 Å². The predicted molar refractivity (Wildman–Crippen MR) is 94.8 cm³/mol. The Morgan fingerprint density at radius 2 is 2.08 bits per heavy atom. The fourth-order valence-electron chi connectivity index (χ4n) is 2.44. The highest BCUT2D eigenvalue weighted by molar-refractivity contribution is 7.11. The molecule has 0 saturated heterocycles. The molecule has 1 aromatic carbocycles. The Kier molecular flexibility index (Phi) is 4.80. The Hall–Kier alpha value is -2.41. The number of thiazole rings is 1. The average Bonchev–Trinajstić information content (AvgIpc) is 3.12. The highest BCUT2D eigenvalue weighted by Gasteiger charge is 2.11. The maximum absolute atomic E-state index is 13.4. The first-order chi connectivity index (χ1) is 11.6. The number of nitrogens with zero attached hydrogens (tertiary/aromatic N) is 2. The monoisotopic (exact) mass is 346 g/mol. The molecule has 24 heavy (non-hydrogen) atoms. The van der Waals surface area contributed by atoms with Crippen LogP contribution < -0.4 is 10.6 Å². The summed E-state index contributed by atoms with van der Waals surface area (Å²) in [6.45, 7) is 5.04. The molecule has 2 heterocycles. The van der Waals surface area contributed by atoms with E-state index in [2.05, 4.69) is 20.6 Å². The Morgan fingerprint density at radius 3 is 2.79 bits per heavy atom. The van der Waals surface area contributed by atoms with Gasteiger partial charge in [0.15, 0.2) is 5.96 Å². The summed E-state index contributed by atoms with van der Waals surface area (Å²) < 4.78 is 19.2. The minimum absolute atomic E-state index is 0.262. The molecular weight excluding hydrogens is 327 g/mol. The van der Waals surface area contributed by atoms with Crippen molar-refractivity contribution in [3.8, 4) is 0 Å². The van der Waals surface area contributed by atoms with Crippen LogP contribution >= 0.6 is 11.3 Å². The molecule has 0 radical (unpaired) electrons. The van der Waals surface area contributed by atoms with Crippen molar-refractivity contribution in [1.82, 2.24) is 15.6 Å². The van der Waals surface area contributed by atoms with Gasteiger partial charge in [0.1, 0.15) is 22.2 Å². The molecule has 5 nitrogen and oxygen atoms in total. The zero-order valence-electron chi connectivity index (χ0n) is 13.8. The van der Waals surface area contributed by atoms with E-state index in [1.54, 1.807) is 24.5 Å². The first kappa shape index (κ1) is 16.4. The van der Waals surface area contributed by atoms with Crippen LogP contribution in [0.3, 0.4) is 0 Å². The second-order valence-electron chi connectivity index (χ2n) is 5.43. The molecule has 0 fully saturated rings. The summed E-state index contributed by atoms with van der Waals surface area (Å²) in [4.78, 5) is 9.68. The molecule has 0 bridgehead atoms. The van der Waals surface area contributed by atoms with E-state index < -0.39 is 0 Å². The largest absolute Gasteiger partial charge is 0.459 e. The number of rotatable bonds is 4. The molecule has 0 aliphatic rings. The smallest absolute Gasteiger partial charge is 0.191 e. The van der Waals surface area contributed by atoms with Crippen LogP contribution in [-0.4, -0.2) is 18.0 Å². The Balaban J connectivity index is 1.64. The fourth-order valence-corrected chi connectivity index (χ4v) is 3.17. The molecular formula is C17H19FN4OS. The Morgan fingerprint density at radius 1 is 1.29 bits per heavy atom. The molecule has 0 spiro atoms. The summed E-state index contributed by atoms with van der Waals surface area (Å²) in [5.74, 6) is 1.17. The van der Waals surface area contributed by atoms with Gasteiger partial charge in [-0.3, -0.25) is 4.99 Å². The van der Waals surface area contributed by atoms with Crippen LogP contribution in [0.25, 0.3) is 11.0 Å². The number of benzene rings is 1. The van der Waals surface area contributed by atoms with Gasteiger partial charge in [-0.25, -0.2) is 9.37 Å². The van der Waals surface area contributed by atoms with Gasteiger partial charge in [0.05, 0.1) is 13.1 Å². The molecule has 3 aromatic rings. The minimum Gasteiger partial charge on any atom is -0.459 e. The molecule has 7 heteroatoms. The van der Waals surface area contributed by atoms with Gasteiger partial charge in [-0.15, -0.1) is 11.3 Å². The number of halogens is 1. The maximum Gasteiger partial charge on any atom is 0.191 e. The predicted octanol–water partition coefficient (Wildman–Crippen LogP) is 3.51. The summed E-state index contributed by atoms with van der Waals surface area (Å²) >= 11 is 1.65. The van der Waals surface area contributed by atoms with E-state index in [-0.39, 0.29) is 5.82 Å². The van der Waals surface area contributed by atoms with Crippen LogP contribution in [0.4, 0.5) is 4.39 Å². The molecule has 0 aliphatic carbocycles. The summed E-state index contributed by atoms with van der Waals surface area (Å²) in [5.41, 5.74) is 1.62. The van der Waals surface area contributed by atoms with Gasteiger partial charge in [-0.2, -0.15) is 0 Å². The van der Waals surface area contributed by atoms with Gasteiger partial charge in [0.2, 0.25) is 0 Å². The van der Waals surface area contributed by atoms with Crippen LogP contribution in [0.2, 0.25) is 0 Å². The quantitative estimate of drug-likeness (QED) is 0.560. The van der Waals surface area contributed by atoms with Crippen LogP contribution in [0.1, 0.15) is 21.2 Å². The van der Waals surface area contributed by atoms with Crippen molar-refractivity contribution in [3.63, 3.8) is 0 Å². The molecule has 0 atom stereocenters. The van der Waals surface area contributed by atoms with Crippen molar-refractivity contribution < 1.29 is 8.81 Å². The van der Waals surface area contributed by atoms with Gasteiger partial charge in [0, 0.05) is 29.1 Å². The number of hydrogen-bond donors (Lipinski definition) is 2. The van der Waals surface area contributed by atoms with Crippen LogP contribution in [0.5, 0.6) is 0 Å². The molecule has 0 amide bonds. The first-order valence-corrected chi connectivity index (χ1v) is 8.42. The standard InChI is InChI=1S/C17H19FN4OS/c1-10-7-20-16(24-10)9-22-17(19-3)21-8-15-11(2)13-6-12(18)4-5-14(13)23-15/h4-7H,8-9H2,1-3H3,(H2,19,21,22). The van der Waals surface area contributed by atoms with Crippen LogP contribution in [-0.2, 0) is 13.1 Å². The number of fused-ring (bicyclic) bond motifs is 1. The second-order valence-corrected chi connectivity index (χ2v) is 6.75. The molecule has 0 aliphatic heterocycles. The lowest BCUT2D eigenvalue weighted by Gasteiger charge is -2.10. The van der Waals surface area contributed by atoms with E-state index in [1.165, 1.54) is 17.0 Å². The first-order valence-electron chi connectivity index (χ1n) is 7.60. The summed E-state index contributed by atoms with van der Waals surface area (Å²) in [7, 11) is 1.71. The lowest BCUT2D eigenvalue weighted by Crippen LogP contribution is -2.36. The minimum atomic E-state index is -0.262. The fraction of sp³-hybridized carbons (Fsp3) is 0.294. The third kappa shape index (κ3) is 3.56. The normalized spacial score (nSPS) is 11.9. The van der Waals surface area contributed by atoms with Crippen molar-refractivity contribution in [1.29, 1.82) is 0 Å². The van der Waals surface area contributed by atoms with E-state index in [4.69, 9.17) is 4.42 Å². The van der Waals surface area contributed by atoms with Gasteiger partial charge < -0.3 is 15.1 Å². The van der Waals surface area contributed by atoms with Crippen LogP contribution in [0.15, 0.2) is 33.8 Å². The van der Waals surface area contributed by atoms with E-state index in [1.807, 2.05) is 20.0 Å². The summed E-state index contributed by atoms with van der Waals surface area (Å²) in [6.07, 6.45) is 1.86. The third-order valence-electron chi connectivity index (χ3n) is 3.71. The summed E-state index contributed by atoms with van der Waals surface area (Å²) in [5, 5.41) is 8.23. The topological polar surface area (TPSA) is 62.5 Å². The number of guanidine groups is 1. The highest BCUT2D eigenvalue weighted by atomic mass is 32.1. The molecule has 2 N–H and O–H groups in total. The second kappa shape index (κ2) is 7.00. The molecule has 2 aromatic heterocycles. The number of furan rings is 1. The van der Waals surface area contributed by atoms with Crippen molar-refractivity contribution in [2.45, 2.75) is 26.9 Å². The van der Waals surface area contributed by atoms with Gasteiger partial charge in [0.25, 0.3) is 0 Å². The molecule has 0 unspecified atom stereocenters. The average molecular weight is 346 g/mol. The van der Waals surface area contributed by atoms with Crippen molar-refractivity contribution in [2.24, 2.45) is 4.99 Å². The molecule has 126 valence electrons. The highest BCUT2D eigenvalue weighted by Crippen LogP contribution is 2.25.